The highest BCUT2D eigenvalue weighted by atomic mass is 32.1. The summed E-state index contributed by atoms with van der Waals surface area (Å²) in [5, 5.41) is 11.3. The van der Waals surface area contributed by atoms with Gasteiger partial charge in [-0.25, -0.2) is 9.78 Å². The van der Waals surface area contributed by atoms with Crippen LogP contribution in [0.5, 0.6) is 0 Å². The molecule has 6 nitrogen and oxygen atoms in total. The van der Waals surface area contributed by atoms with Gasteiger partial charge in [0.2, 0.25) is 0 Å². The van der Waals surface area contributed by atoms with Gasteiger partial charge < -0.3 is 10.1 Å². The molecule has 0 bridgehead atoms. The molecule has 0 saturated carbocycles. The van der Waals surface area contributed by atoms with Crippen LogP contribution in [0.2, 0.25) is 0 Å². The summed E-state index contributed by atoms with van der Waals surface area (Å²) in [6.07, 6.45) is 5.76. The minimum absolute atomic E-state index is 0.136. The predicted molar refractivity (Wildman–Crippen MR) is 131 cm³/mol. The van der Waals surface area contributed by atoms with Gasteiger partial charge in [0, 0.05) is 23.1 Å². The molecular formula is C25H19N3O3S2. The lowest BCUT2D eigenvalue weighted by molar-refractivity contribution is -0.136. The summed E-state index contributed by atoms with van der Waals surface area (Å²) in [4.78, 5) is 30.8. The first-order valence-electron chi connectivity index (χ1n) is 10.4. The SMILES string of the molecule is O=C(O)Cc1csc(Cn2c(=O)[nH]cc(C3C=Cc4ccccc4-c4ccccc43)c2=S)n1. The molecule has 1 aliphatic rings. The molecule has 164 valence electrons. The molecule has 2 N–H and O–H groups in total. The quantitative estimate of drug-likeness (QED) is 0.404. The van der Waals surface area contributed by atoms with Gasteiger partial charge in [-0.2, -0.15) is 0 Å². The lowest BCUT2D eigenvalue weighted by atomic mass is 9.88. The van der Waals surface area contributed by atoms with Crippen molar-refractivity contribution in [3.8, 4) is 11.1 Å². The maximum Gasteiger partial charge on any atom is 0.326 e. The van der Waals surface area contributed by atoms with Crippen molar-refractivity contribution >= 4 is 35.6 Å². The summed E-state index contributed by atoms with van der Waals surface area (Å²) in [6.45, 7) is 0.185. The summed E-state index contributed by atoms with van der Waals surface area (Å²) in [7, 11) is 0. The lowest BCUT2D eigenvalue weighted by Crippen LogP contribution is -2.25. The summed E-state index contributed by atoms with van der Waals surface area (Å²) >= 11 is 7.11. The van der Waals surface area contributed by atoms with Crippen molar-refractivity contribution in [2.45, 2.75) is 18.9 Å². The number of carboxylic acids is 1. The molecule has 0 saturated heterocycles. The summed E-state index contributed by atoms with van der Waals surface area (Å²) < 4.78 is 1.92. The maximum absolute atomic E-state index is 12.7. The smallest absolute Gasteiger partial charge is 0.326 e. The fraction of sp³-hybridized carbons (Fsp3) is 0.120. The van der Waals surface area contributed by atoms with Crippen molar-refractivity contribution in [2.24, 2.45) is 0 Å². The van der Waals surface area contributed by atoms with Gasteiger partial charge in [-0.3, -0.25) is 9.36 Å². The Morgan fingerprint density at radius 1 is 1.12 bits per heavy atom. The van der Waals surface area contributed by atoms with E-state index in [1.165, 1.54) is 15.9 Å². The van der Waals surface area contributed by atoms with E-state index in [1.54, 1.807) is 11.6 Å². The molecule has 1 unspecified atom stereocenters. The Bertz CT molecular complexity index is 1510. The molecule has 2 aromatic heterocycles. The second kappa shape index (κ2) is 8.73. The topological polar surface area (TPSA) is 88.0 Å². The third kappa shape index (κ3) is 4.10. The highest BCUT2D eigenvalue weighted by Crippen LogP contribution is 2.39. The number of aromatic nitrogens is 3. The minimum atomic E-state index is -0.942. The van der Waals surface area contributed by atoms with Gasteiger partial charge >= 0.3 is 11.7 Å². The average Bonchev–Trinajstić information content (AvgIpc) is 3.17. The molecule has 8 heteroatoms. The van der Waals surface area contributed by atoms with Crippen molar-refractivity contribution in [1.29, 1.82) is 0 Å². The van der Waals surface area contributed by atoms with E-state index in [4.69, 9.17) is 17.3 Å². The zero-order chi connectivity index (χ0) is 22.9. The van der Waals surface area contributed by atoms with E-state index in [-0.39, 0.29) is 24.6 Å². The van der Waals surface area contributed by atoms with E-state index < -0.39 is 5.97 Å². The van der Waals surface area contributed by atoms with Gasteiger partial charge in [-0.1, -0.05) is 72.9 Å². The van der Waals surface area contributed by atoms with Gasteiger partial charge in [0.15, 0.2) is 0 Å². The first-order valence-corrected chi connectivity index (χ1v) is 11.6. The molecule has 1 aliphatic carbocycles. The van der Waals surface area contributed by atoms with Gasteiger partial charge in [0.05, 0.1) is 18.7 Å². The Hall–Kier alpha value is -3.62. The van der Waals surface area contributed by atoms with Crippen LogP contribution in [-0.4, -0.2) is 25.6 Å². The highest BCUT2D eigenvalue weighted by Gasteiger charge is 2.22. The minimum Gasteiger partial charge on any atom is -0.481 e. The van der Waals surface area contributed by atoms with Gasteiger partial charge in [0.25, 0.3) is 0 Å². The number of carbonyl (C=O) groups is 1. The number of allylic oxidation sites excluding steroid dienone is 1. The van der Waals surface area contributed by atoms with Crippen molar-refractivity contribution < 1.29 is 9.90 Å². The summed E-state index contributed by atoms with van der Waals surface area (Å²) in [5.41, 5.74) is 5.50. The van der Waals surface area contributed by atoms with Crippen LogP contribution in [0.3, 0.4) is 0 Å². The first-order chi connectivity index (χ1) is 16.0. The number of benzene rings is 2. The largest absolute Gasteiger partial charge is 0.481 e. The van der Waals surface area contributed by atoms with E-state index >= 15 is 0 Å². The van der Waals surface area contributed by atoms with Crippen LogP contribution < -0.4 is 5.69 Å². The molecule has 1 atom stereocenters. The standard InChI is InChI=1S/C25H19N3O3S2/c29-23(30)11-16-14-33-22(27-16)13-28-24(32)21(12-26-25(28)31)20-10-9-15-5-1-2-6-17(15)18-7-3-4-8-19(18)20/h1-10,12,14,20H,11,13H2,(H,26,31)(H,29,30). The summed E-state index contributed by atoms with van der Waals surface area (Å²) in [6, 6.07) is 16.5. The van der Waals surface area contributed by atoms with Crippen LogP contribution in [0.1, 0.15) is 33.3 Å². The zero-order valence-electron chi connectivity index (χ0n) is 17.4. The molecule has 0 radical (unpaired) electrons. The Morgan fingerprint density at radius 3 is 2.70 bits per heavy atom. The van der Waals surface area contributed by atoms with Crippen LogP contribution >= 0.6 is 23.6 Å². The number of aliphatic carboxylic acids is 1. The Balaban J connectivity index is 1.58. The normalized spacial score (nSPS) is 14.4. The number of hydrogen-bond donors (Lipinski definition) is 2. The Labute approximate surface area is 198 Å². The fourth-order valence-corrected chi connectivity index (χ4v) is 5.28. The van der Waals surface area contributed by atoms with Crippen LogP contribution in [0.4, 0.5) is 0 Å². The van der Waals surface area contributed by atoms with Gasteiger partial charge in [0.1, 0.15) is 9.65 Å². The van der Waals surface area contributed by atoms with E-state index in [0.717, 1.165) is 27.8 Å². The Morgan fingerprint density at radius 2 is 1.88 bits per heavy atom. The monoisotopic (exact) mass is 473 g/mol. The lowest BCUT2D eigenvalue weighted by Gasteiger charge is -2.18. The average molecular weight is 474 g/mol. The molecular weight excluding hydrogens is 454 g/mol. The van der Waals surface area contributed by atoms with E-state index in [1.807, 2.05) is 24.3 Å². The van der Waals surface area contributed by atoms with Crippen molar-refractivity contribution in [2.75, 3.05) is 0 Å². The number of fused-ring (bicyclic) bond motifs is 3. The fourth-order valence-electron chi connectivity index (χ4n) is 4.16. The van der Waals surface area contributed by atoms with Gasteiger partial charge in [-0.15, -0.1) is 11.3 Å². The Kier molecular flexibility index (Phi) is 5.62. The molecule has 0 fully saturated rings. The highest BCUT2D eigenvalue weighted by molar-refractivity contribution is 7.71. The van der Waals surface area contributed by atoms with Crippen LogP contribution in [0.25, 0.3) is 17.2 Å². The number of hydrogen-bond acceptors (Lipinski definition) is 5. The third-order valence-electron chi connectivity index (χ3n) is 5.66. The number of H-pyrrole nitrogens is 1. The molecule has 0 amide bonds. The van der Waals surface area contributed by atoms with E-state index in [2.05, 4.69) is 46.4 Å². The third-order valence-corrected chi connectivity index (χ3v) is 7.00. The van der Waals surface area contributed by atoms with Crippen molar-refractivity contribution in [3.63, 3.8) is 0 Å². The molecule has 2 heterocycles. The summed E-state index contributed by atoms with van der Waals surface area (Å²) in [5.74, 6) is -1.08. The van der Waals surface area contributed by atoms with Gasteiger partial charge in [-0.05, 0) is 22.3 Å². The number of nitrogens with one attached hydrogen (secondary N) is 1. The van der Waals surface area contributed by atoms with E-state index in [9.17, 15) is 9.59 Å². The van der Waals surface area contributed by atoms with Crippen LogP contribution in [0.15, 0.2) is 71.0 Å². The zero-order valence-corrected chi connectivity index (χ0v) is 19.0. The molecule has 2 aromatic carbocycles. The number of thiazole rings is 1. The first kappa shape index (κ1) is 21.2. The molecule has 0 spiro atoms. The van der Waals surface area contributed by atoms with Crippen LogP contribution in [-0.2, 0) is 17.8 Å². The molecule has 4 aromatic rings. The van der Waals surface area contributed by atoms with E-state index in [0.29, 0.717) is 15.3 Å². The van der Waals surface area contributed by atoms with Crippen LogP contribution in [0, 0.1) is 4.64 Å². The number of aromatic amines is 1. The number of nitrogens with zero attached hydrogens (tertiary/aromatic N) is 2. The molecule has 0 aliphatic heterocycles. The molecule has 33 heavy (non-hydrogen) atoms. The van der Waals surface area contributed by atoms with Crippen molar-refractivity contribution in [3.05, 3.63) is 109 Å². The number of carboxylic acid groups (broad SMARTS) is 1. The maximum atomic E-state index is 12.7. The molecule has 5 rings (SSSR count). The predicted octanol–water partition coefficient (Wildman–Crippen LogP) is 4.86. The second-order valence-corrected chi connectivity index (χ2v) is 9.08. The number of rotatable bonds is 5. The second-order valence-electron chi connectivity index (χ2n) is 7.75. The van der Waals surface area contributed by atoms with Crippen molar-refractivity contribution in [1.82, 2.24) is 14.5 Å².